The largest absolute Gasteiger partial charge is 0.381 e. The summed E-state index contributed by atoms with van der Waals surface area (Å²) in [6, 6.07) is 16.1. The zero-order chi connectivity index (χ0) is 17.0. The molecule has 0 amide bonds. The molecule has 0 unspecified atom stereocenters. The molecule has 2 atom stereocenters. The summed E-state index contributed by atoms with van der Waals surface area (Å²) in [5.74, 6) is 0. The van der Waals surface area contributed by atoms with Crippen LogP contribution in [0.4, 0.5) is 5.69 Å². The SMILES string of the molecule is O=S(=O)(N[C@H]1CCCC[C@H]1Nc1ccccc1)c1ccc(Cl)cc1. The van der Waals surface area contributed by atoms with Crippen molar-refractivity contribution >= 4 is 27.3 Å². The first kappa shape index (κ1) is 17.3. The molecule has 128 valence electrons. The third kappa shape index (κ3) is 4.29. The van der Waals surface area contributed by atoms with Crippen molar-refractivity contribution in [2.75, 3.05) is 5.32 Å². The minimum Gasteiger partial charge on any atom is -0.381 e. The lowest BCUT2D eigenvalue weighted by Crippen LogP contribution is -2.48. The van der Waals surface area contributed by atoms with Crippen molar-refractivity contribution in [2.45, 2.75) is 42.7 Å². The highest BCUT2D eigenvalue weighted by molar-refractivity contribution is 7.89. The van der Waals surface area contributed by atoms with E-state index in [-0.39, 0.29) is 17.0 Å². The molecule has 6 heteroatoms. The van der Waals surface area contributed by atoms with Gasteiger partial charge in [-0.15, -0.1) is 0 Å². The second kappa shape index (κ2) is 7.55. The summed E-state index contributed by atoms with van der Waals surface area (Å²) in [6.45, 7) is 0. The Labute approximate surface area is 148 Å². The molecular formula is C18H21ClN2O2S. The van der Waals surface area contributed by atoms with Crippen molar-refractivity contribution in [3.63, 3.8) is 0 Å². The Morgan fingerprint density at radius 1 is 0.875 bits per heavy atom. The van der Waals surface area contributed by atoms with Crippen molar-refractivity contribution in [3.8, 4) is 0 Å². The van der Waals surface area contributed by atoms with E-state index in [4.69, 9.17) is 11.6 Å². The Kier molecular flexibility index (Phi) is 5.43. The van der Waals surface area contributed by atoms with Crippen molar-refractivity contribution in [3.05, 3.63) is 59.6 Å². The summed E-state index contributed by atoms with van der Waals surface area (Å²) in [6.07, 6.45) is 3.91. The highest BCUT2D eigenvalue weighted by Gasteiger charge is 2.29. The predicted molar refractivity (Wildman–Crippen MR) is 97.9 cm³/mol. The van der Waals surface area contributed by atoms with Gasteiger partial charge in [-0.2, -0.15) is 0 Å². The van der Waals surface area contributed by atoms with Gasteiger partial charge in [0.05, 0.1) is 4.90 Å². The Hall–Kier alpha value is -1.56. The summed E-state index contributed by atoms with van der Waals surface area (Å²) < 4.78 is 28.1. The topological polar surface area (TPSA) is 58.2 Å². The van der Waals surface area contributed by atoms with Crippen LogP contribution in [0.5, 0.6) is 0 Å². The average molecular weight is 365 g/mol. The standard InChI is InChI=1S/C18H21ClN2O2S/c19-14-10-12-16(13-11-14)24(22,23)21-18-9-5-4-8-17(18)20-15-6-2-1-3-7-15/h1-3,6-7,10-13,17-18,20-21H,4-5,8-9H2/t17-,18+/m1/s1. The van der Waals surface area contributed by atoms with Gasteiger partial charge in [0.15, 0.2) is 0 Å². The Balaban J connectivity index is 1.74. The molecule has 1 aliphatic carbocycles. The van der Waals surface area contributed by atoms with Crippen LogP contribution >= 0.6 is 11.6 Å². The van der Waals surface area contributed by atoms with E-state index in [1.165, 1.54) is 12.1 Å². The molecule has 0 aliphatic heterocycles. The lowest BCUT2D eigenvalue weighted by molar-refractivity contribution is 0.378. The number of nitrogens with one attached hydrogen (secondary N) is 2. The van der Waals surface area contributed by atoms with Gasteiger partial charge in [0.2, 0.25) is 10.0 Å². The second-order valence-corrected chi connectivity index (χ2v) is 8.23. The summed E-state index contributed by atoms with van der Waals surface area (Å²) in [7, 11) is -3.55. The van der Waals surface area contributed by atoms with Gasteiger partial charge in [0.25, 0.3) is 0 Å². The Morgan fingerprint density at radius 3 is 2.17 bits per heavy atom. The number of benzene rings is 2. The van der Waals surface area contributed by atoms with Crippen molar-refractivity contribution in [2.24, 2.45) is 0 Å². The highest BCUT2D eigenvalue weighted by atomic mass is 35.5. The number of hydrogen-bond acceptors (Lipinski definition) is 3. The third-order valence-corrected chi connectivity index (χ3v) is 6.08. The Bertz CT molecular complexity index is 763. The van der Waals surface area contributed by atoms with Crippen LogP contribution in [0.25, 0.3) is 0 Å². The molecule has 0 spiro atoms. The summed E-state index contributed by atoms with van der Waals surface area (Å²) >= 11 is 5.84. The van der Waals surface area contributed by atoms with Gasteiger partial charge in [-0.05, 0) is 49.2 Å². The van der Waals surface area contributed by atoms with Crippen LogP contribution in [0.2, 0.25) is 5.02 Å². The molecular weight excluding hydrogens is 344 g/mol. The van der Waals surface area contributed by atoms with E-state index in [0.29, 0.717) is 5.02 Å². The Morgan fingerprint density at radius 2 is 1.50 bits per heavy atom. The van der Waals surface area contributed by atoms with E-state index >= 15 is 0 Å². The lowest BCUT2D eigenvalue weighted by atomic mass is 9.91. The van der Waals surface area contributed by atoms with Gasteiger partial charge in [-0.3, -0.25) is 0 Å². The van der Waals surface area contributed by atoms with Gasteiger partial charge in [0.1, 0.15) is 0 Å². The van der Waals surface area contributed by atoms with Crippen molar-refractivity contribution in [1.29, 1.82) is 0 Å². The molecule has 1 saturated carbocycles. The maximum atomic E-state index is 12.6. The predicted octanol–water partition coefficient (Wildman–Crippen LogP) is 4.04. The van der Waals surface area contributed by atoms with Crippen LogP contribution in [0, 0.1) is 0 Å². The molecule has 2 aromatic carbocycles. The molecule has 0 heterocycles. The molecule has 2 N–H and O–H groups in total. The minimum atomic E-state index is -3.55. The van der Waals surface area contributed by atoms with Crippen LogP contribution in [0.3, 0.4) is 0 Å². The van der Waals surface area contributed by atoms with Crippen LogP contribution in [-0.4, -0.2) is 20.5 Å². The number of hydrogen-bond donors (Lipinski definition) is 2. The maximum absolute atomic E-state index is 12.6. The number of sulfonamides is 1. The summed E-state index contributed by atoms with van der Waals surface area (Å²) in [5.41, 5.74) is 1.01. The smallest absolute Gasteiger partial charge is 0.240 e. The number of halogens is 1. The summed E-state index contributed by atoms with van der Waals surface area (Å²) in [5, 5.41) is 3.99. The molecule has 2 aromatic rings. The molecule has 24 heavy (non-hydrogen) atoms. The van der Waals surface area contributed by atoms with Crippen LogP contribution in [-0.2, 0) is 10.0 Å². The van der Waals surface area contributed by atoms with E-state index in [2.05, 4.69) is 10.0 Å². The highest BCUT2D eigenvalue weighted by Crippen LogP contribution is 2.24. The molecule has 0 radical (unpaired) electrons. The maximum Gasteiger partial charge on any atom is 0.240 e. The average Bonchev–Trinajstić information content (AvgIpc) is 2.58. The molecule has 3 rings (SSSR count). The fourth-order valence-electron chi connectivity index (χ4n) is 3.07. The van der Waals surface area contributed by atoms with E-state index in [9.17, 15) is 8.42 Å². The van der Waals surface area contributed by atoms with E-state index < -0.39 is 10.0 Å². The zero-order valence-electron chi connectivity index (χ0n) is 13.3. The van der Waals surface area contributed by atoms with Gasteiger partial charge >= 0.3 is 0 Å². The third-order valence-electron chi connectivity index (χ3n) is 4.32. The molecule has 0 aromatic heterocycles. The van der Waals surface area contributed by atoms with Crippen LogP contribution in [0.15, 0.2) is 59.5 Å². The minimum absolute atomic E-state index is 0.0863. The quantitative estimate of drug-likeness (QED) is 0.841. The first-order valence-electron chi connectivity index (χ1n) is 8.14. The second-order valence-electron chi connectivity index (χ2n) is 6.08. The fourth-order valence-corrected chi connectivity index (χ4v) is 4.51. The number of rotatable bonds is 5. The van der Waals surface area contributed by atoms with Crippen molar-refractivity contribution in [1.82, 2.24) is 4.72 Å². The van der Waals surface area contributed by atoms with Crippen molar-refractivity contribution < 1.29 is 8.42 Å². The first-order chi connectivity index (χ1) is 11.5. The molecule has 0 bridgehead atoms. The van der Waals surface area contributed by atoms with Gasteiger partial charge in [-0.1, -0.05) is 42.6 Å². The van der Waals surface area contributed by atoms with E-state index in [1.807, 2.05) is 30.3 Å². The number of para-hydroxylation sites is 1. The fraction of sp³-hybridized carbons (Fsp3) is 0.333. The number of anilines is 1. The normalized spacial score (nSPS) is 21.4. The van der Waals surface area contributed by atoms with Crippen LogP contribution < -0.4 is 10.0 Å². The molecule has 4 nitrogen and oxygen atoms in total. The van der Waals surface area contributed by atoms with Gasteiger partial charge < -0.3 is 5.32 Å². The zero-order valence-corrected chi connectivity index (χ0v) is 14.9. The van der Waals surface area contributed by atoms with Gasteiger partial charge in [0, 0.05) is 22.8 Å². The summed E-state index contributed by atoms with van der Waals surface area (Å²) in [4.78, 5) is 0.246. The molecule has 0 saturated heterocycles. The van der Waals surface area contributed by atoms with E-state index in [1.54, 1.807) is 12.1 Å². The molecule has 1 fully saturated rings. The molecule has 1 aliphatic rings. The van der Waals surface area contributed by atoms with Gasteiger partial charge in [-0.25, -0.2) is 13.1 Å². The lowest BCUT2D eigenvalue weighted by Gasteiger charge is -2.33. The van der Waals surface area contributed by atoms with Crippen LogP contribution in [0.1, 0.15) is 25.7 Å². The monoisotopic (exact) mass is 364 g/mol. The first-order valence-corrected chi connectivity index (χ1v) is 10.0. The van der Waals surface area contributed by atoms with E-state index in [0.717, 1.165) is 31.4 Å².